The number of benzene rings is 1. The first-order chi connectivity index (χ1) is 8.20. The lowest BCUT2D eigenvalue weighted by Gasteiger charge is -2.38. The molecular formula is C14H21FN2. The summed E-state index contributed by atoms with van der Waals surface area (Å²) in [6.45, 7) is 1.56. The minimum Gasteiger partial charge on any atom is -0.329 e. The van der Waals surface area contributed by atoms with Gasteiger partial charge >= 0.3 is 0 Å². The fourth-order valence-corrected chi connectivity index (χ4v) is 2.55. The number of likely N-dealkylation sites (N-methyl/N-ethyl adjacent to an activating group) is 1. The molecule has 0 aliphatic heterocycles. The van der Waals surface area contributed by atoms with Gasteiger partial charge in [-0.3, -0.25) is 4.90 Å². The van der Waals surface area contributed by atoms with Crippen LogP contribution in [0.5, 0.6) is 0 Å². The van der Waals surface area contributed by atoms with Crippen LogP contribution in [-0.4, -0.2) is 24.5 Å². The van der Waals surface area contributed by atoms with Crippen LogP contribution in [0.1, 0.15) is 24.8 Å². The quantitative estimate of drug-likeness (QED) is 0.850. The molecule has 1 fully saturated rings. The molecule has 0 aromatic heterocycles. The lowest BCUT2D eigenvalue weighted by molar-refractivity contribution is 0.118. The summed E-state index contributed by atoms with van der Waals surface area (Å²) in [5.74, 6) is 0.580. The van der Waals surface area contributed by atoms with Crippen LogP contribution in [0.25, 0.3) is 0 Å². The summed E-state index contributed by atoms with van der Waals surface area (Å²) in [6, 6.07) is 7.20. The molecule has 1 aromatic carbocycles. The van der Waals surface area contributed by atoms with Crippen LogP contribution in [0, 0.1) is 11.7 Å². The summed E-state index contributed by atoms with van der Waals surface area (Å²) in [7, 11) is 2.11. The van der Waals surface area contributed by atoms with Crippen molar-refractivity contribution in [2.45, 2.75) is 31.8 Å². The molecule has 0 spiro atoms. The van der Waals surface area contributed by atoms with Crippen LogP contribution in [0.3, 0.4) is 0 Å². The van der Waals surface area contributed by atoms with Crippen molar-refractivity contribution in [3.63, 3.8) is 0 Å². The molecule has 0 amide bonds. The lowest BCUT2D eigenvalue weighted by Crippen LogP contribution is -2.45. The van der Waals surface area contributed by atoms with E-state index in [1.165, 1.54) is 31.4 Å². The van der Waals surface area contributed by atoms with Gasteiger partial charge in [-0.1, -0.05) is 18.6 Å². The Morgan fingerprint density at radius 1 is 1.35 bits per heavy atom. The molecule has 2 N–H and O–H groups in total. The van der Waals surface area contributed by atoms with E-state index < -0.39 is 0 Å². The van der Waals surface area contributed by atoms with Crippen molar-refractivity contribution in [3.8, 4) is 0 Å². The highest BCUT2D eigenvalue weighted by Crippen LogP contribution is 2.31. The average molecular weight is 236 g/mol. The molecular weight excluding hydrogens is 215 g/mol. The maximum absolute atomic E-state index is 12.8. The zero-order valence-corrected chi connectivity index (χ0v) is 10.4. The van der Waals surface area contributed by atoms with Crippen molar-refractivity contribution in [2.24, 2.45) is 11.7 Å². The van der Waals surface area contributed by atoms with E-state index in [1.54, 1.807) is 0 Å². The molecule has 2 nitrogen and oxygen atoms in total. The molecule has 1 saturated carbocycles. The second-order valence-electron chi connectivity index (χ2n) is 5.04. The number of halogens is 1. The number of hydrogen-bond donors (Lipinski definition) is 1. The van der Waals surface area contributed by atoms with Gasteiger partial charge in [0.1, 0.15) is 5.82 Å². The van der Waals surface area contributed by atoms with E-state index in [9.17, 15) is 4.39 Å². The Balaban J connectivity index is 1.94. The van der Waals surface area contributed by atoms with Gasteiger partial charge in [0.05, 0.1) is 0 Å². The molecule has 2 rings (SSSR count). The fourth-order valence-electron chi connectivity index (χ4n) is 2.55. The Kier molecular flexibility index (Phi) is 4.13. The van der Waals surface area contributed by atoms with Crippen LogP contribution < -0.4 is 5.73 Å². The Labute approximate surface area is 103 Å². The Morgan fingerprint density at radius 2 is 2.00 bits per heavy atom. The van der Waals surface area contributed by atoms with Gasteiger partial charge in [-0.25, -0.2) is 4.39 Å². The summed E-state index contributed by atoms with van der Waals surface area (Å²) < 4.78 is 12.8. The van der Waals surface area contributed by atoms with Gasteiger partial charge in [-0.15, -0.1) is 0 Å². The van der Waals surface area contributed by atoms with Gasteiger partial charge in [-0.2, -0.15) is 0 Å². The lowest BCUT2D eigenvalue weighted by atomic mass is 9.79. The monoisotopic (exact) mass is 236 g/mol. The zero-order valence-electron chi connectivity index (χ0n) is 10.4. The highest BCUT2D eigenvalue weighted by Gasteiger charge is 2.28. The SMILES string of the molecule is CN(Cc1ccc(F)cc1)C(CN)C1CCC1. The molecule has 0 radical (unpaired) electrons. The van der Waals surface area contributed by atoms with Crippen LogP contribution in [-0.2, 0) is 6.54 Å². The zero-order chi connectivity index (χ0) is 12.3. The summed E-state index contributed by atoms with van der Waals surface area (Å²) in [5.41, 5.74) is 7.01. The largest absolute Gasteiger partial charge is 0.329 e. The number of nitrogens with two attached hydrogens (primary N) is 1. The maximum atomic E-state index is 12.8. The molecule has 1 aliphatic carbocycles. The van der Waals surface area contributed by atoms with Crippen LogP contribution >= 0.6 is 0 Å². The topological polar surface area (TPSA) is 29.3 Å². The van der Waals surface area contributed by atoms with E-state index in [4.69, 9.17) is 5.73 Å². The number of nitrogens with zero attached hydrogens (tertiary/aromatic N) is 1. The first kappa shape index (κ1) is 12.5. The molecule has 0 saturated heterocycles. The molecule has 1 aliphatic rings. The summed E-state index contributed by atoms with van der Waals surface area (Å²) in [5, 5.41) is 0. The van der Waals surface area contributed by atoms with Crippen molar-refractivity contribution < 1.29 is 4.39 Å². The van der Waals surface area contributed by atoms with Crippen molar-refractivity contribution >= 4 is 0 Å². The van der Waals surface area contributed by atoms with Gasteiger partial charge in [0.2, 0.25) is 0 Å². The first-order valence-corrected chi connectivity index (χ1v) is 6.35. The molecule has 94 valence electrons. The van der Waals surface area contributed by atoms with Gasteiger partial charge in [-0.05, 0) is 43.5 Å². The van der Waals surface area contributed by atoms with Crippen molar-refractivity contribution in [1.29, 1.82) is 0 Å². The highest BCUT2D eigenvalue weighted by atomic mass is 19.1. The number of rotatable bonds is 5. The average Bonchev–Trinajstić information content (AvgIpc) is 2.26. The van der Waals surface area contributed by atoms with Gasteiger partial charge in [0.25, 0.3) is 0 Å². The minimum atomic E-state index is -0.175. The minimum absolute atomic E-state index is 0.175. The Bertz CT molecular complexity index is 346. The molecule has 1 aromatic rings. The van der Waals surface area contributed by atoms with Crippen molar-refractivity contribution in [3.05, 3.63) is 35.6 Å². The molecule has 3 heteroatoms. The van der Waals surface area contributed by atoms with Crippen LogP contribution in [0.2, 0.25) is 0 Å². The van der Waals surface area contributed by atoms with Gasteiger partial charge < -0.3 is 5.73 Å². The third-order valence-corrected chi connectivity index (χ3v) is 3.85. The first-order valence-electron chi connectivity index (χ1n) is 6.35. The van der Waals surface area contributed by atoms with Crippen LogP contribution in [0.4, 0.5) is 4.39 Å². The highest BCUT2D eigenvalue weighted by molar-refractivity contribution is 5.16. The van der Waals surface area contributed by atoms with Gasteiger partial charge in [0.15, 0.2) is 0 Å². The number of hydrogen-bond acceptors (Lipinski definition) is 2. The third-order valence-electron chi connectivity index (χ3n) is 3.85. The molecule has 1 unspecified atom stereocenters. The second-order valence-corrected chi connectivity index (χ2v) is 5.04. The molecule has 17 heavy (non-hydrogen) atoms. The van der Waals surface area contributed by atoms with E-state index in [1.807, 2.05) is 12.1 Å². The predicted molar refractivity (Wildman–Crippen MR) is 68.1 cm³/mol. The summed E-state index contributed by atoms with van der Waals surface area (Å²) in [6.07, 6.45) is 3.94. The Hall–Kier alpha value is -0.930. The smallest absolute Gasteiger partial charge is 0.123 e. The predicted octanol–water partition coefficient (Wildman–Crippen LogP) is 2.38. The van der Waals surface area contributed by atoms with Crippen LogP contribution in [0.15, 0.2) is 24.3 Å². The standard InChI is InChI=1S/C14H21FN2/c1-17(14(9-16)12-3-2-4-12)10-11-5-7-13(15)8-6-11/h5-8,12,14H,2-4,9-10,16H2,1H3. The van der Waals surface area contributed by atoms with Crippen molar-refractivity contribution in [2.75, 3.05) is 13.6 Å². The second kappa shape index (κ2) is 5.61. The van der Waals surface area contributed by atoms with E-state index in [-0.39, 0.29) is 5.82 Å². The molecule has 0 bridgehead atoms. The molecule has 0 heterocycles. The van der Waals surface area contributed by atoms with E-state index in [0.29, 0.717) is 12.6 Å². The fraction of sp³-hybridized carbons (Fsp3) is 0.571. The van der Waals surface area contributed by atoms with E-state index in [0.717, 1.165) is 18.0 Å². The van der Waals surface area contributed by atoms with E-state index >= 15 is 0 Å². The third kappa shape index (κ3) is 3.05. The Morgan fingerprint density at radius 3 is 2.47 bits per heavy atom. The molecule has 1 atom stereocenters. The normalized spacial score (nSPS) is 18.1. The summed E-state index contributed by atoms with van der Waals surface area (Å²) >= 11 is 0. The van der Waals surface area contributed by atoms with Gasteiger partial charge in [0, 0.05) is 19.1 Å². The van der Waals surface area contributed by atoms with Crippen molar-refractivity contribution in [1.82, 2.24) is 4.90 Å². The summed E-state index contributed by atoms with van der Waals surface area (Å²) in [4.78, 5) is 2.30. The maximum Gasteiger partial charge on any atom is 0.123 e. The van der Waals surface area contributed by atoms with E-state index in [2.05, 4.69) is 11.9 Å².